The lowest BCUT2D eigenvalue weighted by Gasteiger charge is -2.15. The Kier molecular flexibility index (Phi) is 3.11. The van der Waals surface area contributed by atoms with Gasteiger partial charge in [-0.3, -0.25) is 4.79 Å². The molecule has 1 saturated heterocycles. The zero-order valence-electron chi connectivity index (χ0n) is 11.1. The molecule has 0 unspecified atom stereocenters. The Hall–Kier alpha value is -2.04. The fourth-order valence-electron chi connectivity index (χ4n) is 2.54. The quantitative estimate of drug-likeness (QED) is 0.910. The Morgan fingerprint density at radius 3 is 2.79 bits per heavy atom. The standard InChI is InChI=1S/C14H18N4O/c1-17-12-7-3-2-6-11(12)16-14(17)15-10-13(19)18-8-4-5-9-18/h2-3,6-7H,4-5,8-10H2,1H3,(H,15,16). The van der Waals surface area contributed by atoms with Crippen molar-refractivity contribution in [3.05, 3.63) is 24.3 Å². The Morgan fingerprint density at radius 2 is 2.05 bits per heavy atom. The summed E-state index contributed by atoms with van der Waals surface area (Å²) in [6.45, 7) is 2.10. The Bertz CT molecular complexity index is 599. The van der Waals surface area contributed by atoms with E-state index in [0.717, 1.165) is 42.9 Å². The molecule has 1 aliphatic rings. The predicted molar refractivity (Wildman–Crippen MR) is 75.0 cm³/mol. The molecule has 2 aromatic rings. The van der Waals surface area contributed by atoms with E-state index >= 15 is 0 Å². The zero-order chi connectivity index (χ0) is 13.2. The van der Waals surface area contributed by atoms with E-state index in [1.165, 1.54) is 0 Å². The molecule has 1 aliphatic heterocycles. The van der Waals surface area contributed by atoms with Crippen molar-refractivity contribution in [3.63, 3.8) is 0 Å². The molecule has 0 saturated carbocycles. The number of carbonyl (C=O) groups excluding carboxylic acids is 1. The summed E-state index contributed by atoms with van der Waals surface area (Å²) in [5.41, 5.74) is 2.01. The average molecular weight is 258 g/mol. The lowest BCUT2D eigenvalue weighted by molar-refractivity contribution is -0.128. The van der Waals surface area contributed by atoms with E-state index in [1.807, 2.05) is 40.8 Å². The number of hydrogen-bond donors (Lipinski definition) is 1. The van der Waals surface area contributed by atoms with Gasteiger partial charge >= 0.3 is 0 Å². The third kappa shape index (κ3) is 2.28. The summed E-state index contributed by atoms with van der Waals surface area (Å²) in [5, 5.41) is 3.14. The van der Waals surface area contributed by atoms with Crippen LogP contribution < -0.4 is 5.32 Å². The molecule has 0 bridgehead atoms. The first-order valence-corrected chi connectivity index (χ1v) is 6.69. The Morgan fingerprint density at radius 1 is 1.32 bits per heavy atom. The summed E-state index contributed by atoms with van der Waals surface area (Å²) < 4.78 is 1.98. The van der Waals surface area contributed by atoms with Crippen LogP contribution in [-0.2, 0) is 11.8 Å². The van der Waals surface area contributed by atoms with Crippen LogP contribution in [0.25, 0.3) is 11.0 Å². The minimum Gasteiger partial charge on any atom is -0.347 e. The third-order valence-electron chi connectivity index (χ3n) is 3.64. The number of carbonyl (C=O) groups is 1. The van der Waals surface area contributed by atoms with E-state index in [-0.39, 0.29) is 5.91 Å². The van der Waals surface area contributed by atoms with Crippen LogP contribution in [0.15, 0.2) is 24.3 Å². The highest BCUT2D eigenvalue weighted by molar-refractivity contribution is 5.82. The Balaban J connectivity index is 1.71. The van der Waals surface area contributed by atoms with Crippen molar-refractivity contribution < 1.29 is 4.79 Å². The van der Waals surface area contributed by atoms with Gasteiger partial charge in [0.05, 0.1) is 17.6 Å². The molecule has 0 aliphatic carbocycles. The van der Waals surface area contributed by atoms with Crippen LogP contribution >= 0.6 is 0 Å². The van der Waals surface area contributed by atoms with Crippen LogP contribution in [0.5, 0.6) is 0 Å². The SMILES string of the molecule is Cn1c(NCC(=O)N2CCCC2)nc2ccccc21. The molecule has 5 nitrogen and oxygen atoms in total. The number of nitrogens with zero attached hydrogens (tertiary/aromatic N) is 3. The molecule has 2 heterocycles. The van der Waals surface area contributed by atoms with E-state index in [1.54, 1.807) is 0 Å². The molecule has 0 atom stereocenters. The van der Waals surface area contributed by atoms with Gasteiger partial charge in [0.1, 0.15) is 0 Å². The lowest BCUT2D eigenvalue weighted by atomic mass is 10.3. The number of aryl methyl sites for hydroxylation is 1. The minimum atomic E-state index is 0.157. The van der Waals surface area contributed by atoms with Gasteiger partial charge in [-0.05, 0) is 25.0 Å². The number of amides is 1. The smallest absolute Gasteiger partial charge is 0.241 e. The van der Waals surface area contributed by atoms with Crippen LogP contribution in [0, 0.1) is 0 Å². The maximum absolute atomic E-state index is 12.0. The summed E-state index contributed by atoms with van der Waals surface area (Å²) in [5.74, 6) is 0.901. The van der Waals surface area contributed by atoms with Gasteiger partial charge in [0.15, 0.2) is 0 Å². The normalized spacial score (nSPS) is 15.1. The van der Waals surface area contributed by atoms with E-state index in [4.69, 9.17) is 0 Å². The lowest BCUT2D eigenvalue weighted by Crippen LogP contribution is -2.33. The van der Waals surface area contributed by atoms with Gasteiger partial charge < -0.3 is 14.8 Å². The van der Waals surface area contributed by atoms with Crippen LogP contribution in [-0.4, -0.2) is 40.0 Å². The van der Waals surface area contributed by atoms with Crippen molar-refractivity contribution >= 4 is 22.9 Å². The number of benzene rings is 1. The highest BCUT2D eigenvalue weighted by Gasteiger charge is 2.18. The number of aromatic nitrogens is 2. The fourth-order valence-corrected chi connectivity index (χ4v) is 2.54. The molecule has 19 heavy (non-hydrogen) atoms. The van der Waals surface area contributed by atoms with Gasteiger partial charge in [-0.1, -0.05) is 12.1 Å². The van der Waals surface area contributed by atoms with Crippen LogP contribution in [0.3, 0.4) is 0 Å². The van der Waals surface area contributed by atoms with E-state index in [9.17, 15) is 4.79 Å². The summed E-state index contributed by atoms with van der Waals surface area (Å²) in [4.78, 5) is 18.4. The van der Waals surface area contributed by atoms with Crippen molar-refractivity contribution in [1.82, 2.24) is 14.5 Å². The number of hydrogen-bond acceptors (Lipinski definition) is 3. The number of likely N-dealkylation sites (tertiary alicyclic amines) is 1. The first kappa shape index (κ1) is 12.0. The molecule has 1 aromatic carbocycles. The van der Waals surface area contributed by atoms with Crippen molar-refractivity contribution in [1.29, 1.82) is 0 Å². The molecule has 1 N–H and O–H groups in total. The largest absolute Gasteiger partial charge is 0.347 e. The molecule has 0 spiro atoms. The number of fused-ring (bicyclic) bond motifs is 1. The summed E-state index contributed by atoms with van der Waals surface area (Å²) in [6, 6.07) is 7.95. The van der Waals surface area contributed by atoms with Crippen LogP contribution in [0.4, 0.5) is 5.95 Å². The fraction of sp³-hybridized carbons (Fsp3) is 0.429. The second-order valence-corrected chi connectivity index (χ2v) is 4.92. The Labute approximate surface area is 112 Å². The van der Waals surface area contributed by atoms with Crippen molar-refractivity contribution in [2.75, 3.05) is 25.0 Å². The van der Waals surface area contributed by atoms with Gasteiger partial charge in [-0.15, -0.1) is 0 Å². The number of nitrogens with one attached hydrogen (secondary N) is 1. The predicted octanol–water partition coefficient (Wildman–Crippen LogP) is 1.61. The summed E-state index contributed by atoms with van der Waals surface area (Å²) in [6.07, 6.45) is 2.25. The second-order valence-electron chi connectivity index (χ2n) is 4.92. The molecule has 1 fully saturated rings. The number of imidazole rings is 1. The minimum absolute atomic E-state index is 0.157. The molecular formula is C14H18N4O. The first-order valence-electron chi connectivity index (χ1n) is 6.69. The third-order valence-corrected chi connectivity index (χ3v) is 3.64. The monoisotopic (exact) mass is 258 g/mol. The van der Waals surface area contributed by atoms with Gasteiger partial charge in [0.25, 0.3) is 0 Å². The first-order chi connectivity index (χ1) is 9.25. The highest BCUT2D eigenvalue weighted by Crippen LogP contribution is 2.17. The average Bonchev–Trinajstić information content (AvgIpc) is 3.05. The second kappa shape index (κ2) is 4.91. The maximum atomic E-state index is 12.0. The zero-order valence-corrected chi connectivity index (χ0v) is 11.1. The number of para-hydroxylation sites is 2. The summed E-state index contributed by atoms with van der Waals surface area (Å²) >= 11 is 0. The van der Waals surface area contributed by atoms with E-state index in [0.29, 0.717) is 6.54 Å². The van der Waals surface area contributed by atoms with Crippen molar-refractivity contribution in [3.8, 4) is 0 Å². The maximum Gasteiger partial charge on any atom is 0.241 e. The highest BCUT2D eigenvalue weighted by atomic mass is 16.2. The van der Waals surface area contributed by atoms with Gasteiger partial charge in [-0.25, -0.2) is 4.98 Å². The number of rotatable bonds is 3. The number of anilines is 1. The molecule has 0 radical (unpaired) electrons. The molecule has 3 rings (SSSR count). The van der Waals surface area contributed by atoms with Crippen LogP contribution in [0.2, 0.25) is 0 Å². The van der Waals surface area contributed by atoms with Crippen molar-refractivity contribution in [2.24, 2.45) is 7.05 Å². The van der Waals surface area contributed by atoms with Gasteiger partial charge in [0.2, 0.25) is 11.9 Å². The topological polar surface area (TPSA) is 50.2 Å². The van der Waals surface area contributed by atoms with E-state index in [2.05, 4.69) is 10.3 Å². The van der Waals surface area contributed by atoms with Gasteiger partial charge in [-0.2, -0.15) is 0 Å². The molecular weight excluding hydrogens is 240 g/mol. The molecule has 100 valence electrons. The molecule has 1 amide bonds. The van der Waals surface area contributed by atoms with Crippen molar-refractivity contribution in [2.45, 2.75) is 12.8 Å². The molecule has 5 heteroatoms. The van der Waals surface area contributed by atoms with Crippen LogP contribution in [0.1, 0.15) is 12.8 Å². The molecule has 1 aromatic heterocycles. The van der Waals surface area contributed by atoms with E-state index < -0.39 is 0 Å². The summed E-state index contributed by atoms with van der Waals surface area (Å²) in [7, 11) is 1.96. The van der Waals surface area contributed by atoms with Gasteiger partial charge in [0, 0.05) is 20.1 Å².